The number of nitrogens with zero attached hydrogens (tertiary/aromatic N) is 2. The van der Waals surface area contributed by atoms with Gasteiger partial charge in [-0.15, -0.1) is 0 Å². The summed E-state index contributed by atoms with van der Waals surface area (Å²) in [5, 5.41) is 11.0. The van der Waals surface area contributed by atoms with Gasteiger partial charge in [-0.25, -0.2) is 0 Å². The standard InChI is InChI=1S/C21H19BrN2O5S2/c1-3-23-20(25)18(31-21(23)30)11-14-9-16(22)19(17(10-14)28-4-2)29-12-13-6-5-7-15(8-13)24(26)27/h5-11H,3-4,12H2,1-2H3/b18-11-. The van der Waals surface area contributed by atoms with Crippen LogP contribution in [0, 0.1) is 10.1 Å². The minimum Gasteiger partial charge on any atom is -0.490 e. The number of carbonyl (C=O) groups is 1. The SMILES string of the molecule is CCOc1cc(/C=C2\SC(=S)N(CC)C2=O)cc(Br)c1OCc1cccc([N+](=O)[O-])c1. The molecule has 1 aliphatic rings. The molecule has 0 aromatic heterocycles. The van der Waals surface area contributed by atoms with Crippen molar-refractivity contribution < 1.29 is 19.2 Å². The van der Waals surface area contributed by atoms with Gasteiger partial charge >= 0.3 is 0 Å². The summed E-state index contributed by atoms with van der Waals surface area (Å²) in [6, 6.07) is 9.88. The van der Waals surface area contributed by atoms with Crippen LogP contribution in [0.4, 0.5) is 5.69 Å². The van der Waals surface area contributed by atoms with Gasteiger partial charge in [0.2, 0.25) is 0 Å². The first-order chi connectivity index (χ1) is 14.8. The summed E-state index contributed by atoms with van der Waals surface area (Å²) in [5.41, 5.74) is 1.43. The van der Waals surface area contributed by atoms with E-state index in [1.165, 1.54) is 23.9 Å². The number of likely N-dealkylation sites (N-methyl/N-ethyl adjacent to an activating group) is 1. The van der Waals surface area contributed by atoms with E-state index in [1.807, 2.05) is 19.9 Å². The maximum Gasteiger partial charge on any atom is 0.269 e. The predicted octanol–water partition coefficient (Wildman–Crippen LogP) is 5.56. The van der Waals surface area contributed by atoms with Gasteiger partial charge in [-0.05, 0) is 59.1 Å². The molecular formula is C21H19BrN2O5S2. The molecule has 0 radical (unpaired) electrons. The molecule has 1 fully saturated rings. The molecule has 7 nitrogen and oxygen atoms in total. The lowest BCUT2D eigenvalue weighted by Gasteiger charge is -2.15. The number of nitro benzene ring substituents is 1. The largest absolute Gasteiger partial charge is 0.490 e. The van der Waals surface area contributed by atoms with Gasteiger partial charge < -0.3 is 9.47 Å². The number of thioether (sulfide) groups is 1. The summed E-state index contributed by atoms with van der Waals surface area (Å²) < 4.78 is 12.8. The topological polar surface area (TPSA) is 81.9 Å². The Morgan fingerprint density at radius 3 is 2.68 bits per heavy atom. The number of hydrogen-bond donors (Lipinski definition) is 0. The molecule has 2 aromatic carbocycles. The van der Waals surface area contributed by atoms with Crippen molar-refractivity contribution in [3.8, 4) is 11.5 Å². The van der Waals surface area contributed by atoms with E-state index >= 15 is 0 Å². The fraction of sp³-hybridized carbons (Fsp3) is 0.238. The zero-order chi connectivity index (χ0) is 22.5. The lowest BCUT2D eigenvalue weighted by Crippen LogP contribution is -2.27. The molecule has 3 rings (SSSR count). The number of carbonyl (C=O) groups excluding carboxylic acids is 1. The molecule has 0 atom stereocenters. The minimum atomic E-state index is -0.443. The smallest absolute Gasteiger partial charge is 0.269 e. The van der Waals surface area contributed by atoms with Crippen LogP contribution in [0.2, 0.25) is 0 Å². The van der Waals surface area contributed by atoms with Crippen molar-refractivity contribution in [2.24, 2.45) is 0 Å². The molecule has 0 N–H and O–H groups in total. The zero-order valence-electron chi connectivity index (χ0n) is 16.8. The van der Waals surface area contributed by atoms with E-state index in [4.69, 9.17) is 21.7 Å². The summed E-state index contributed by atoms with van der Waals surface area (Å²) in [6.07, 6.45) is 1.77. The maximum atomic E-state index is 12.5. The molecule has 2 aromatic rings. The molecule has 1 amide bonds. The number of hydrogen-bond acceptors (Lipinski definition) is 7. The van der Waals surface area contributed by atoms with Crippen molar-refractivity contribution in [1.29, 1.82) is 0 Å². The van der Waals surface area contributed by atoms with Crippen LogP contribution >= 0.6 is 39.9 Å². The molecule has 31 heavy (non-hydrogen) atoms. The molecule has 10 heteroatoms. The lowest BCUT2D eigenvalue weighted by molar-refractivity contribution is -0.384. The lowest BCUT2D eigenvalue weighted by atomic mass is 10.1. The molecule has 1 heterocycles. The summed E-state index contributed by atoms with van der Waals surface area (Å²) in [4.78, 5) is 25.1. The number of benzene rings is 2. The van der Waals surface area contributed by atoms with Crippen LogP contribution in [0.5, 0.6) is 11.5 Å². The van der Waals surface area contributed by atoms with Gasteiger partial charge in [0.15, 0.2) is 11.5 Å². The van der Waals surface area contributed by atoms with Crippen LogP contribution in [0.25, 0.3) is 6.08 Å². The van der Waals surface area contributed by atoms with E-state index in [1.54, 1.807) is 29.2 Å². The summed E-state index contributed by atoms with van der Waals surface area (Å²) >= 11 is 10.0. The van der Waals surface area contributed by atoms with Gasteiger partial charge in [0, 0.05) is 18.7 Å². The molecule has 162 valence electrons. The second kappa shape index (κ2) is 10.3. The third kappa shape index (κ3) is 5.44. The Morgan fingerprint density at radius 1 is 1.26 bits per heavy atom. The van der Waals surface area contributed by atoms with Gasteiger partial charge in [-0.2, -0.15) is 0 Å². The molecule has 1 saturated heterocycles. The number of amides is 1. The van der Waals surface area contributed by atoms with Crippen molar-refractivity contribution in [2.75, 3.05) is 13.2 Å². The van der Waals surface area contributed by atoms with Crippen LogP contribution in [0.1, 0.15) is 25.0 Å². The Morgan fingerprint density at radius 2 is 2.03 bits per heavy atom. The Bertz CT molecular complexity index is 1070. The van der Waals surface area contributed by atoms with Crippen molar-refractivity contribution >= 4 is 61.9 Å². The van der Waals surface area contributed by atoms with Crippen LogP contribution in [-0.4, -0.2) is 33.2 Å². The first-order valence-electron chi connectivity index (χ1n) is 9.41. The molecule has 0 bridgehead atoms. The molecule has 0 aliphatic carbocycles. The van der Waals surface area contributed by atoms with Gasteiger partial charge in [-0.1, -0.05) is 36.1 Å². The summed E-state index contributed by atoms with van der Waals surface area (Å²) in [6.45, 7) is 4.82. The van der Waals surface area contributed by atoms with E-state index in [0.29, 0.717) is 43.9 Å². The van der Waals surface area contributed by atoms with E-state index < -0.39 is 4.92 Å². The predicted molar refractivity (Wildman–Crippen MR) is 128 cm³/mol. The highest BCUT2D eigenvalue weighted by Crippen LogP contribution is 2.39. The zero-order valence-corrected chi connectivity index (χ0v) is 20.0. The summed E-state index contributed by atoms with van der Waals surface area (Å²) in [5.74, 6) is 0.865. The average Bonchev–Trinajstić information content (AvgIpc) is 3.00. The number of thiocarbonyl (C=S) groups is 1. The average molecular weight is 523 g/mol. The van der Waals surface area contributed by atoms with Crippen molar-refractivity contribution in [3.63, 3.8) is 0 Å². The van der Waals surface area contributed by atoms with Gasteiger partial charge in [0.25, 0.3) is 11.6 Å². The third-order valence-electron chi connectivity index (χ3n) is 4.32. The Kier molecular flexibility index (Phi) is 7.69. The second-order valence-corrected chi connectivity index (χ2v) is 8.93. The monoisotopic (exact) mass is 522 g/mol. The van der Waals surface area contributed by atoms with Crippen LogP contribution in [0.3, 0.4) is 0 Å². The molecule has 1 aliphatic heterocycles. The quantitative estimate of drug-likeness (QED) is 0.194. The second-order valence-electron chi connectivity index (χ2n) is 6.40. The van der Waals surface area contributed by atoms with Gasteiger partial charge in [0.1, 0.15) is 10.9 Å². The molecular weight excluding hydrogens is 504 g/mol. The van der Waals surface area contributed by atoms with Crippen LogP contribution in [-0.2, 0) is 11.4 Å². The van der Waals surface area contributed by atoms with Gasteiger partial charge in [0.05, 0.1) is 20.9 Å². The van der Waals surface area contributed by atoms with E-state index in [-0.39, 0.29) is 18.2 Å². The van der Waals surface area contributed by atoms with Crippen molar-refractivity contribution in [2.45, 2.75) is 20.5 Å². The molecule has 0 spiro atoms. The summed E-state index contributed by atoms with van der Waals surface area (Å²) in [7, 11) is 0. The van der Waals surface area contributed by atoms with Crippen LogP contribution in [0.15, 0.2) is 45.8 Å². The van der Waals surface area contributed by atoms with Crippen molar-refractivity contribution in [3.05, 3.63) is 67.0 Å². The molecule has 0 saturated carbocycles. The normalized spacial score (nSPS) is 14.9. The van der Waals surface area contributed by atoms with E-state index in [0.717, 1.165) is 5.56 Å². The number of halogens is 1. The minimum absolute atomic E-state index is 0.00457. The first-order valence-corrected chi connectivity index (χ1v) is 11.4. The number of non-ortho nitro benzene ring substituents is 1. The van der Waals surface area contributed by atoms with Crippen molar-refractivity contribution in [1.82, 2.24) is 4.90 Å². The van der Waals surface area contributed by atoms with Crippen LogP contribution < -0.4 is 9.47 Å². The first kappa shape index (κ1) is 23.2. The Balaban J connectivity index is 1.86. The highest BCUT2D eigenvalue weighted by molar-refractivity contribution is 9.10. The maximum absolute atomic E-state index is 12.5. The van der Waals surface area contributed by atoms with E-state index in [2.05, 4.69) is 15.9 Å². The third-order valence-corrected chi connectivity index (χ3v) is 6.29. The highest BCUT2D eigenvalue weighted by Gasteiger charge is 2.30. The number of ether oxygens (including phenoxy) is 2. The van der Waals surface area contributed by atoms with Gasteiger partial charge in [-0.3, -0.25) is 19.8 Å². The number of nitro groups is 1. The van der Waals surface area contributed by atoms with E-state index in [9.17, 15) is 14.9 Å². The molecule has 0 unspecified atom stereocenters. The number of rotatable bonds is 8. The fourth-order valence-corrected chi connectivity index (χ4v) is 4.87. The highest BCUT2D eigenvalue weighted by atomic mass is 79.9. The Labute approximate surface area is 197 Å². The fourth-order valence-electron chi connectivity index (χ4n) is 2.91. The Hall–Kier alpha value is -2.43.